The lowest BCUT2D eigenvalue weighted by atomic mass is 9.65. The third kappa shape index (κ3) is 5.37. The Morgan fingerprint density at radius 2 is 1.24 bits per heavy atom. The fourth-order valence-corrected chi connectivity index (χ4v) is 11.9. The average Bonchev–Trinajstić information content (AvgIpc) is 4.12. The van der Waals surface area contributed by atoms with Crippen molar-refractivity contribution in [3.05, 3.63) is 247 Å². The number of fused-ring (bicyclic) bond motifs is 14. The van der Waals surface area contributed by atoms with Crippen LogP contribution in [0.5, 0.6) is 0 Å². The van der Waals surface area contributed by atoms with Gasteiger partial charge < -0.3 is 13.9 Å². The highest BCUT2D eigenvalue weighted by Gasteiger charge is 2.56. The highest BCUT2D eigenvalue weighted by atomic mass is 16.3. The summed E-state index contributed by atoms with van der Waals surface area (Å²) in [5.41, 5.74) is 21.0. The smallest absolute Gasteiger partial charge is 0.159 e. The summed E-state index contributed by atoms with van der Waals surface area (Å²) in [4.78, 5) is 12.1. The first-order valence-electron chi connectivity index (χ1n) is 23.2. The predicted molar refractivity (Wildman–Crippen MR) is 273 cm³/mol. The molecule has 0 radical (unpaired) electrons. The van der Waals surface area contributed by atoms with Gasteiger partial charge >= 0.3 is 0 Å². The fraction of sp³-hybridized carbons (Fsp3) is 0.0645. The summed E-state index contributed by atoms with van der Waals surface area (Å²) in [5, 5.41) is 3.40. The first kappa shape index (κ1) is 37.8. The highest BCUT2D eigenvalue weighted by Crippen LogP contribution is 2.67. The van der Waals surface area contributed by atoms with Crippen LogP contribution in [-0.2, 0) is 5.41 Å². The second-order valence-electron chi connectivity index (χ2n) is 18.1. The number of nitrogens with zero attached hydrogens (tertiary/aromatic N) is 4. The van der Waals surface area contributed by atoms with Crippen LogP contribution in [0.3, 0.4) is 0 Å². The molecular formula is C62H42N4O. The Balaban J connectivity index is 1.13. The number of furan rings is 1. The van der Waals surface area contributed by atoms with Crippen molar-refractivity contribution in [3.8, 4) is 39.3 Å². The van der Waals surface area contributed by atoms with Gasteiger partial charge in [-0.2, -0.15) is 0 Å². The van der Waals surface area contributed by atoms with Crippen LogP contribution in [0, 0.1) is 5.92 Å². The van der Waals surface area contributed by atoms with Crippen LogP contribution in [0.2, 0.25) is 0 Å². The van der Waals surface area contributed by atoms with Crippen molar-refractivity contribution in [1.82, 2.24) is 14.5 Å². The minimum atomic E-state index is -0.539. The van der Waals surface area contributed by atoms with Gasteiger partial charge in [0.1, 0.15) is 5.58 Å². The van der Waals surface area contributed by atoms with Gasteiger partial charge in [0, 0.05) is 62.3 Å². The Hall–Kier alpha value is -8.54. The molecule has 1 unspecified atom stereocenters. The Bertz CT molecular complexity index is 3760. The SMILES string of the molecule is CC1CC=CC2=C1C1(c3ccccc3-c3ccccc31)c1c2n(-c2cc(-c3ccccn3)cc(-c3ccccn3)c2)c2ccc(N(c3ccccc3)c3cccc4c3oc3ccccc34)cc12. The van der Waals surface area contributed by atoms with Gasteiger partial charge in [0.25, 0.3) is 0 Å². The number of hydrogen-bond acceptors (Lipinski definition) is 4. The van der Waals surface area contributed by atoms with E-state index in [1.54, 1.807) is 0 Å². The van der Waals surface area contributed by atoms with Crippen molar-refractivity contribution in [2.75, 3.05) is 4.90 Å². The van der Waals surface area contributed by atoms with Crippen LogP contribution < -0.4 is 4.90 Å². The quantitative estimate of drug-likeness (QED) is 0.167. The maximum Gasteiger partial charge on any atom is 0.159 e. The summed E-state index contributed by atoms with van der Waals surface area (Å²) in [6.45, 7) is 2.43. The molecule has 5 nitrogen and oxygen atoms in total. The van der Waals surface area contributed by atoms with E-state index in [2.05, 4.69) is 204 Å². The first-order valence-corrected chi connectivity index (χ1v) is 23.2. The second kappa shape index (κ2) is 14.5. The van der Waals surface area contributed by atoms with E-state index in [0.717, 1.165) is 79.1 Å². The topological polar surface area (TPSA) is 47.1 Å². The summed E-state index contributed by atoms with van der Waals surface area (Å²) in [5.74, 6) is 0.286. The van der Waals surface area contributed by atoms with Gasteiger partial charge in [-0.1, -0.05) is 128 Å². The van der Waals surface area contributed by atoms with Gasteiger partial charge in [0.15, 0.2) is 5.58 Å². The molecule has 11 aromatic rings. The summed E-state index contributed by atoms with van der Waals surface area (Å²) in [7, 11) is 0. The molecule has 1 atom stereocenters. The van der Waals surface area contributed by atoms with Crippen molar-refractivity contribution < 1.29 is 4.42 Å². The molecular weight excluding hydrogens is 817 g/mol. The van der Waals surface area contributed by atoms with E-state index in [-0.39, 0.29) is 5.92 Å². The molecule has 4 aromatic heterocycles. The normalized spacial score (nSPS) is 15.3. The summed E-state index contributed by atoms with van der Waals surface area (Å²) in [6.07, 6.45) is 9.54. The molecule has 0 saturated carbocycles. The molecule has 4 heterocycles. The molecule has 0 fully saturated rings. The number of aromatic nitrogens is 3. The molecule has 7 aromatic carbocycles. The molecule has 3 aliphatic rings. The van der Waals surface area contributed by atoms with Crippen LogP contribution in [0.25, 0.3) is 77.7 Å². The zero-order chi connectivity index (χ0) is 44.2. The van der Waals surface area contributed by atoms with Gasteiger partial charge in [-0.3, -0.25) is 9.97 Å². The summed E-state index contributed by atoms with van der Waals surface area (Å²) < 4.78 is 9.34. The molecule has 0 aliphatic heterocycles. The first-order chi connectivity index (χ1) is 33.2. The number of anilines is 3. The van der Waals surface area contributed by atoms with E-state index in [4.69, 9.17) is 14.4 Å². The Morgan fingerprint density at radius 1 is 0.582 bits per heavy atom. The number of pyridine rings is 2. The monoisotopic (exact) mass is 858 g/mol. The molecule has 0 amide bonds. The van der Waals surface area contributed by atoms with Crippen LogP contribution in [0.1, 0.15) is 35.7 Å². The van der Waals surface area contributed by atoms with Gasteiger partial charge in [0.2, 0.25) is 0 Å². The van der Waals surface area contributed by atoms with Crippen LogP contribution in [-0.4, -0.2) is 14.5 Å². The lowest BCUT2D eigenvalue weighted by molar-refractivity contribution is 0.593. The molecule has 5 heteroatoms. The van der Waals surface area contributed by atoms with Gasteiger partial charge in [-0.15, -0.1) is 0 Å². The van der Waals surface area contributed by atoms with Crippen molar-refractivity contribution in [2.45, 2.75) is 18.8 Å². The van der Waals surface area contributed by atoms with Crippen LogP contribution >= 0.6 is 0 Å². The lowest BCUT2D eigenvalue weighted by Crippen LogP contribution is -2.30. The third-order valence-corrected chi connectivity index (χ3v) is 14.5. The van der Waals surface area contributed by atoms with E-state index < -0.39 is 5.41 Å². The van der Waals surface area contributed by atoms with E-state index >= 15 is 0 Å². The zero-order valence-corrected chi connectivity index (χ0v) is 36.8. The van der Waals surface area contributed by atoms with Crippen LogP contribution in [0.4, 0.5) is 17.1 Å². The molecule has 3 aliphatic carbocycles. The minimum Gasteiger partial charge on any atom is -0.454 e. The van der Waals surface area contributed by atoms with E-state index in [0.29, 0.717) is 0 Å². The number of rotatable bonds is 6. The largest absolute Gasteiger partial charge is 0.454 e. The number of benzene rings is 7. The molecule has 316 valence electrons. The Morgan fingerprint density at radius 3 is 1.96 bits per heavy atom. The highest BCUT2D eigenvalue weighted by molar-refractivity contribution is 6.11. The third-order valence-electron chi connectivity index (χ3n) is 14.5. The molecule has 0 saturated heterocycles. The minimum absolute atomic E-state index is 0.286. The summed E-state index contributed by atoms with van der Waals surface area (Å²) >= 11 is 0. The van der Waals surface area contributed by atoms with Gasteiger partial charge in [0.05, 0.1) is 33.7 Å². The van der Waals surface area contributed by atoms with E-state index in [9.17, 15) is 0 Å². The van der Waals surface area contributed by atoms with Crippen molar-refractivity contribution in [2.24, 2.45) is 5.92 Å². The molecule has 14 rings (SSSR count). The maximum atomic E-state index is 6.79. The average molecular weight is 859 g/mol. The Kier molecular flexibility index (Phi) is 8.17. The number of hydrogen-bond donors (Lipinski definition) is 0. The number of para-hydroxylation sites is 3. The van der Waals surface area contributed by atoms with Crippen molar-refractivity contribution >= 4 is 55.5 Å². The Labute approximate surface area is 388 Å². The molecule has 1 spiro atoms. The van der Waals surface area contributed by atoms with Gasteiger partial charge in [-0.25, -0.2) is 0 Å². The van der Waals surface area contributed by atoms with Gasteiger partial charge in [-0.05, 0) is 131 Å². The zero-order valence-electron chi connectivity index (χ0n) is 36.8. The fourth-order valence-electron chi connectivity index (χ4n) is 11.9. The lowest BCUT2D eigenvalue weighted by Gasteiger charge is -2.36. The predicted octanol–water partition coefficient (Wildman–Crippen LogP) is 15.8. The summed E-state index contributed by atoms with van der Waals surface area (Å²) in [6, 6.07) is 70.1. The molecule has 67 heavy (non-hydrogen) atoms. The maximum absolute atomic E-state index is 6.79. The van der Waals surface area contributed by atoms with Crippen LogP contribution in [0.15, 0.2) is 229 Å². The van der Waals surface area contributed by atoms with Crippen molar-refractivity contribution in [3.63, 3.8) is 0 Å². The second-order valence-corrected chi connectivity index (χ2v) is 18.1. The molecule has 0 N–H and O–H groups in total. The van der Waals surface area contributed by atoms with E-state index in [1.807, 2.05) is 30.6 Å². The number of allylic oxidation sites excluding steroid dienone is 4. The molecule has 0 bridgehead atoms. The standard InChI is InChI=1S/C62H42N4O/c1-39-17-15-24-49-58(39)62(51-25-8-5-20-45(51)46-21-6-9-26-52(46)62)59-50-38-43(65(42-18-3-2-4-19-42)56-29-16-23-48-47-22-7-10-30-57(47)67-61(48)56)31-32-55(50)66(60(49)59)44-36-40(53-27-11-13-33-63-53)35-41(37-44)54-28-12-14-34-64-54/h2-16,18-39H,17H2,1H3. The van der Waals surface area contributed by atoms with E-state index in [1.165, 1.54) is 50.0 Å². The van der Waals surface area contributed by atoms with Crippen molar-refractivity contribution in [1.29, 1.82) is 0 Å².